The van der Waals surface area contributed by atoms with Crippen LogP contribution >= 0.6 is 0 Å². The highest BCUT2D eigenvalue weighted by molar-refractivity contribution is 5.89. The third kappa shape index (κ3) is 2.06. The lowest BCUT2D eigenvalue weighted by Crippen LogP contribution is -1.84. The summed E-state index contributed by atoms with van der Waals surface area (Å²) in [6.45, 7) is 8.62. The van der Waals surface area contributed by atoms with Crippen molar-refractivity contribution in [1.29, 1.82) is 0 Å². The van der Waals surface area contributed by atoms with E-state index in [9.17, 15) is 0 Å². The molecule has 1 heterocycles. The number of fused-ring (bicyclic) bond motifs is 1. The molecule has 0 unspecified atom stereocenters. The van der Waals surface area contributed by atoms with Crippen molar-refractivity contribution < 1.29 is 0 Å². The van der Waals surface area contributed by atoms with Crippen LogP contribution in [-0.2, 0) is 0 Å². The van der Waals surface area contributed by atoms with Gasteiger partial charge < -0.3 is 4.98 Å². The average molecular weight is 249 g/mol. The number of hydrogen-bond donors (Lipinski definition) is 1. The van der Waals surface area contributed by atoms with Crippen LogP contribution in [0.2, 0.25) is 0 Å². The van der Waals surface area contributed by atoms with Gasteiger partial charge in [0, 0.05) is 22.2 Å². The van der Waals surface area contributed by atoms with Crippen molar-refractivity contribution in [1.82, 2.24) is 4.98 Å². The summed E-state index contributed by atoms with van der Waals surface area (Å²) in [6, 6.07) is 13.3. The predicted octanol–water partition coefficient (Wildman–Crippen LogP) is 5.07. The zero-order valence-corrected chi connectivity index (χ0v) is 12.0. The van der Waals surface area contributed by atoms with Gasteiger partial charge in [0.1, 0.15) is 0 Å². The van der Waals surface area contributed by atoms with Crippen molar-refractivity contribution >= 4 is 10.9 Å². The Labute approximate surface area is 114 Å². The van der Waals surface area contributed by atoms with Crippen LogP contribution in [0.4, 0.5) is 0 Å². The monoisotopic (exact) mass is 249 g/mol. The van der Waals surface area contributed by atoms with E-state index < -0.39 is 0 Å². The summed E-state index contributed by atoms with van der Waals surface area (Å²) in [5, 5.41) is 1.30. The van der Waals surface area contributed by atoms with Crippen molar-refractivity contribution in [3.63, 3.8) is 0 Å². The zero-order chi connectivity index (χ0) is 13.6. The van der Waals surface area contributed by atoms with Gasteiger partial charge in [0.25, 0.3) is 0 Å². The van der Waals surface area contributed by atoms with Gasteiger partial charge in [-0.2, -0.15) is 0 Å². The van der Waals surface area contributed by atoms with Gasteiger partial charge in [0.05, 0.1) is 0 Å². The molecule has 0 amide bonds. The number of aromatic nitrogens is 1. The van der Waals surface area contributed by atoms with E-state index in [0.29, 0.717) is 0 Å². The van der Waals surface area contributed by atoms with Crippen LogP contribution in [0.3, 0.4) is 0 Å². The number of benzene rings is 2. The summed E-state index contributed by atoms with van der Waals surface area (Å²) in [5.74, 6) is 0. The predicted molar refractivity (Wildman–Crippen MR) is 82.7 cm³/mol. The molecular formula is C18H19N. The number of hydrogen-bond acceptors (Lipinski definition) is 0. The van der Waals surface area contributed by atoms with Crippen LogP contribution in [0.15, 0.2) is 36.4 Å². The molecule has 0 atom stereocenters. The molecule has 0 radical (unpaired) electrons. The zero-order valence-electron chi connectivity index (χ0n) is 12.0. The van der Waals surface area contributed by atoms with Crippen molar-refractivity contribution in [2.45, 2.75) is 27.7 Å². The van der Waals surface area contributed by atoms with Crippen LogP contribution in [-0.4, -0.2) is 4.98 Å². The highest BCUT2D eigenvalue weighted by Crippen LogP contribution is 2.29. The summed E-state index contributed by atoms with van der Waals surface area (Å²) in [5.41, 5.74) is 9.01. The Balaban J connectivity index is 2.23. The quantitative estimate of drug-likeness (QED) is 0.620. The van der Waals surface area contributed by atoms with Gasteiger partial charge in [-0.1, -0.05) is 35.4 Å². The average Bonchev–Trinajstić information content (AvgIpc) is 2.72. The Morgan fingerprint density at radius 3 is 2.21 bits per heavy atom. The van der Waals surface area contributed by atoms with Crippen LogP contribution in [0.5, 0.6) is 0 Å². The summed E-state index contributed by atoms with van der Waals surface area (Å²) >= 11 is 0. The molecule has 0 bridgehead atoms. The molecule has 0 saturated heterocycles. The molecule has 0 fully saturated rings. The Morgan fingerprint density at radius 2 is 1.47 bits per heavy atom. The van der Waals surface area contributed by atoms with Crippen LogP contribution < -0.4 is 0 Å². The third-order valence-corrected chi connectivity index (χ3v) is 3.74. The second-order valence-corrected chi connectivity index (χ2v) is 5.55. The lowest BCUT2D eigenvalue weighted by atomic mass is 10.0. The van der Waals surface area contributed by atoms with E-state index in [2.05, 4.69) is 69.1 Å². The van der Waals surface area contributed by atoms with E-state index >= 15 is 0 Å². The first-order valence-corrected chi connectivity index (χ1v) is 6.72. The molecule has 96 valence electrons. The summed E-state index contributed by atoms with van der Waals surface area (Å²) < 4.78 is 0. The maximum atomic E-state index is 3.57. The van der Waals surface area contributed by atoms with Gasteiger partial charge in [0.2, 0.25) is 0 Å². The molecular weight excluding hydrogens is 230 g/mol. The minimum atomic E-state index is 1.21. The fourth-order valence-electron chi connectivity index (χ4n) is 2.87. The third-order valence-electron chi connectivity index (χ3n) is 3.74. The molecule has 1 heteroatoms. The van der Waals surface area contributed by atoms with Gasteiger partial charge >= 0.3 is 0 Å². The first kappa shape index (κ1) is 12.0. The fraction of sp³-hybridized carbons (Fsp3) is 0.222. The van der Waals surface area contributed by atoms with Crippen molar-refractivity contribution in [2.75, 3.05) is 0 Å². The molecule has 3 rings (SSSR count). The minimum absolute atomic E-state index is 1.21. The highest BCUT2D eigenvalue weighted by Gasteiger charge is 2.08. The first-order valence-electron chi connectivity index (χ1n) is 6.72. The fourth-order valence-corrected chi connectivity index (χ4v) is 2.87. The van der Waals surface area contributed by atoms with E-state index in [0.717, 1.165) is 0 Å². The minimum Gasteiger partial charge on any atom is -0.354 e. The van der Waals surface area contributed by atoms with E-state index in [1.165, 1.54) is 44.4 Å². The van der Waals surface area contributed by atoms with Crippen molar-refractivity contribution in [3.05, 3.63) is 58.7 Å². The Kier molecular flexibility index (Phi) is 2.70. The molecule has 1 N–H and O–H groups in total. The van der Waals surface area contributed by atoms with Crippen LogP contribution in [0.1, 0.15) is 22.3 Å². The summed E-state index contributed by atoms with van der Waals surface area (Å²) in [7, 11) is 0. The Morgan fingerprint density at radius 1 is 0.737 bits per heavy atom. The second-order valence-electron chi connectivity index (χ2n) is 5.55. The second kappa shape index (κ2) is 4.27. The van der Waals surface area contributed by atoms with E-state index in [1.807, 2.05) is 0 Å². The molecule has 3 aromatic rings. The van der Waals surface area contributed by atoms with Gasteiger partial charge in [-0.3, -0.25) is 0 Å². The number of aromatic amines is 1. The smallest absolute Gasteiger partial charge is 0.0488 e. The molecule has 1 nitrogen and oxygen atoms in total. The molecule has 19 heavy (non-hydrogen) atoms. The van der Waals surface area contributed by atoms with E-state index in [-0.39, 0.29) is 0 Å². The van der Waals surface area contributed by atoms with Crippen molar-refractivity contribution in [3.8, 4) is 11.3 Å². The molecule has 0 aliphatic carbocycles. The molecule has 0 aliphatic heterocycles. The molecule has 0 saturated carbocycles. The van der Waals surface area contributed by atoms with Crippen LogP contribution in [0, 0.1) is 27.7 Å². The number of H-pyrrole nitrogens is 1. The van der Waals surface area contributed by atoms with E-state index in [1.54, 1.807) is 0 Å². The van der Waals surface area contributed by atoms with Gasteiger partial charge in [-0.25, -0.2) is 0 Å². The molecule has 0 spiro atoms. The lowest BCUT2D eigenvalue weighted by molar-refractivity contribution is 1.34. The molecule has 2 aromatic carbocycles. The maximum absolute atomic E-state index is 3.57. The lowest BCUT2D eigenvalue weighted by Gasteiger charge is -2.04. The first-order chi connectivity index (χ1) is 9.04. The largest absolute Gasteiger partial charge is 0.354 e. The normalized spacial score (nSPS) is 11.2. The number of rotatable bonds is 1. The van der Waals surface area contributed by atoms with Crippen molar-refractivity contribution in [2.24, 2.45) is 0 Å². The molecule has 0 aliphatic rings. The van der Waals surface area contributed by atoms with Gasteiger partial charge in [-0.05, 0) is 51.0 Å². The Hall–Kier alpha value is -2.02. The Bertz CT molecular complexity index is 763. The van der Waals surface area contributed by atoms with E-state index in [4.69, 9.17) is 0 Å². The van der Waals surface area contributed by atoms with Gasteiger partial charge in [-0.15, -0.1) is 0 Å². The SMILES string of the molecule is Cc1ccc(-c2cc3cc(C)cc(C)c3[nH]2)c(C)c1. The number of aryl methyl sites for hydroxylation is 4. The standard InChI is InChI=1S/C18H19N/c1-11-5-6-16(13(3)7-11)17-10-15-9-12(2)8-14(4)18(15)19-17/h5-10,19H,1-4H3. The highest BCUT2D eigenvalue weighted by atomic mass is 14.7. The van der Waals surface area contributed by atoms with Crippen LogP contribution in [0.25, 0.3) is 22.2 Å². The topological polar surface area (TPSA) is 15.8 Å². The maximum Gasteiger partial charge on any atom is 0.0488 e. The molecule has 1 aromatic heterocycles. The van der Waals surface area contributed by atoms with Gasteiger partial charge in [0.15, 0.2) is 0 Å². The summed E-state index contributed by atoms with van der Waals surface area (Å²) in [6.07, 6.45) is 0. The number of nitrogens with one attached hydrogen (secondary N) is 1. The summed E-state index contributed by atoms with van der Waals surface area (Å²) in [4.78, 5) is 3.57.